The summed E-state index contributed by atoms with van der Waals surface area (Å²) in [7, 11) is 1.16. The standard InChI is InChI=1S/C11H13ClO4/c1-5-4-7(12)6(2)8(9(5)13)10(14)11(15)16-3/h4,10,13-14H,1-3H3. The summed E-state index contributed by atoms with van der Waals surface area (Å²) in [4.78, 5) is 11.2. The first-order valence-electron chi connectivity index (χ1n) is 4.64. The van der Waals surface area contributed by atoms with Crippen LogP contribution in [0.2, 0.25) is 5.02 Å². The molecule has 0 heterocycles. The van der Waals surface area contributed by atoms with Gasteiger partial charge in [-0.3, -0.25) is 0 Å². The van der Waals surface area contributed by atoms with Gasteiger partial charge in [-0.25, -0.2) is 4.79 Å². The van der Waals surface area contributed by atoms with E-state index < -0.39 is 12.1 Å². The number of esters is 1. The number of rotatable bonds is 2. The van der Waals surface area contributed by atoms with Gasteiger partial charge in [0.25, 0.3) is 0 Å². The highest BCUT2D eigenvalue weighted by Crippen LogP contribution is 2.35. The van der Waals surface area contributed by atoms with Crippen LogP contribution in [0.4, 0.5) is 0 Å². The van der Waals surface area contributed by atoms with Crippen LogP contribution < -0.4 is 0 Å². The zero-order valence-electron chi connectivity index (χ0n) is 9.24. The predicted octanol–water partition coefficient (Wildman–Crippen LogP) is 1.87. The molecular weight excluding hydrogens is 232 g/mol. The topological polar surface area (TPSA) is 66.8 Å². The van der Waals surface area contributed by atoms with Crippen LogP contribution in [0.25, 0.3) is 0 Å². The summed E-state index contributed by atoms with van der Waals surface area (Å²) >= 11 is 5.91. The number of aliphatic hydroxyl groups is 1. The van der Waals surface area contributed by atoms with Crippen LogP contribution >= 0.6 is 11.6 Å². The van der Waals surface area contributed by atoms with E-state index in [9.17, 15) is 15.0 Å². The van der Waals surface area contributed by atoms with Crippen molar-refractivity contribution >= 4 is 17.6 Å². The molecule has 1 atom stereocenters. The SMILES string of the molecule is COC(=O)C(O)c1c(C)c(Cl)cc(C)c1O. The number of aromatic hydroxyl groups is 1. The molecule has 4 nitrogen and oxygen atoms in total. The predicted molar refractivity (Wildman–Crippen MR) is 59.6 cm³/mol. The van der Waals surface area contributed by atoms with Crippen molar-refractivity contribution in [2.75, 3.05) is 7.11 Å². The summed E-state index contributed by atoms with van der Waals surface area (Å²) < 4.78 is 4.41. The molecule has 1 unspecified atom stereocenters. The maximum absolute atomic E-state index is 11.2. The van der Waals surface area contributed by atoms with Gasteiger partial charge in [-0.1, -0.05) is 11.6 Å². The fourth-order valence-electron chi connectivity index (χ4n) is 1.45. The van der Waals surface area contributed by atoms with Crippen molar-refractivity contribution in [3.05, 3.63) is 27.8 Å². The van der Waals surface area contributed by atoms with E-state index in [1.807, 2.05) is 0 Å². The molecule has 0 aromatic heterocycles. The lowest BCUT2D eigenvalue weighted by Gasteiger charge is -2.16. The lowest BCUT2D eigenvalue weighted by atomic mass is 9.99. The molecule has 1 aromatic carbocycles. The van der Waals surface area contributed by atoms with Gasteiger partial charge in [0.2, 0.25) is 0 Å². The molecular formula is C11H13ClO4. The second kappa shape index (κ2) is 4.72. The number of aliphatic hydroxyl groups excluding tert-OH is 1. The summed E-state index contributed by atoms with van der Waals surface area (Å²) in [6.07, 6.45) is -1.53. The Labute approximate surface area is 98.4 Å². The molecule has 2 N–H and O–H groups in total. The Hall–Kier alpha value is -1.26. The lowest BCUT2D eigenvalue weighted by molar-refractivity contribution is -0.150. The largest absolute Gasteiger partial charge is 0.507 e. The Morgan fingerprint density at radius 1 is 1.50 bits per heavy atom. The van der Waals surface area contributed by atoms with Gasteiger partial charge >= 0.3 is 5.97 Å². The number of ether oxygens (including phenoxy) is 1. The van der Waals surface area contributed by atoms with Crippen LogP contribution in [0.5, 0.6) is 5.75 Å². The van der Waals surface area contributed by atoms with E-state index >= 15 is 0 Å². The Bertz CT molecular complexity index is 402. The van der Waals surface area contributed by atoms with Crippen LogP contribution in [0.15, 0.2) is 6.07 Å². The summed E-state index contributed by atoms with van der Waals surface area (Å²) in [6, 6.07) is 1.57. The zero-order chi connectivity index (χ0) is 12.5. The second-order valence-corrected chi connectivity index (χ2v) is 3.90. The number of carbonyl (C=O) groups excluding carboxylic acids is 1. The van der Waals surface area contributed by atoms with E-state index in [2.05, 4.69) is 4.74 Å². The molecule has 0 spiro atoms. The van der Waals surface area contributed by atoms with Gasteiger partial charge in [0.05, 0.1) is 7.11 Å². The maximum atomic E-state index is 11.2. The normalized spacial score (nSPS) is 12.3. The summed E-state index contributed by atoms with van der Waals surface area (Å²) in [5.74, 6) is -0.972. The van der Waals surface area contributed by atoms with Gasteiger partial charge in [-0.05, 0) is 31.0 Å². The number of hydrogen-bond donors (Lipinski definition) is 2. The van der Waals surface area contributed by atoms with Gasteiger partial charge in [0, 0.05) is 10.6 Å². The van der Waals surface area contributed by atoms with Gasteiger partial charge in [0.1, 0.15) is 5.75 Å². The van der Waals surface area contributed by atoms with Crippen molar-refractivity contribution in [1.82, 2.24) is 0 Å². The first-order chi connectivity index (χ1) is 7.40. The molecule has 5 heteroatoms. The average molecular weight is 245 g/mol. The van der Waals surface area contributed by atoms with Gasteiger partial charge < -0.3 is 14.9 Å². The van der Waals surface area contributed by atoms with Crippen molar-refractivity contribution < 1.29 is 19.7 Å². The van der Waals surface area contributed by atoms with Crippen LogP contribution in [-0.2, 0) is 9.53 Å². The highest BCUT2D eigenvalue weighted by atomic mass is 35.5. The van der Waals surface area contributed by atoms with Crippen molar-refractivity contribution in [3.8, 4) is 5.75 Å². The van der Waals surface area contributed by atoms with Crippen LogP contribution in [0.3, 0.4) is 0 Å². The molecule has 1 aromatic rings. The van der Waals surface area contributed by atoms with E-state index in [1.54, 1.807) is 19.9 Å². The number of carbonyl (C=O) groups is 1. The van der Waals surface area contributed by atoms with Crippen LogP contribution in [0.1, 0.15) is 22.8 Å². The van der Waals surface area contributed by atoms with Crippen LogP contribution in [0, 0.1) is 13.8 Å². The zero-order valence-corrected chi connectivity index (χ0v) is 10.00. The van der Waals surface area contributed by atoms with Crippen LogP contribution in [-0.4, -0.2) is 23.3 Å². The first kappa shape index (κ1) is 12.8. The fraction of sp³-hybridized carbons (Fsp3) is 0.364. The number of benzene rings is 1. The lowest BCUT2D eigenvalue weighted by Crippen LogP contribution is -2.15. The van der Waals surface area contributed by atoms with Crippen molar-refractivity contribution in [3.63, 3.8) is 0 Å². The number of phenolic OH excluding ortho intramolecular Hbond substituents is 1. The minimum atomic E-state index is -1.53. The fourth-order valence-corrected chi connectivity index (χ4v) is 1.71. The molecule has 16 heavy (non-hydrogen) atoms. The highest BCUT2D eigenvalue weighted by Gasteiger charge is 2.25. The molecule has 88 valence electrons. The Balaban J connectivity index is 3.37. The Morgan fingerprint density at radius 2 is 2.06 bits per heavy atom. The van der Waals surface area contributed by atoms with Crippen molar-refractivity contribution in [1.29, 1.82) is 0 Å². The first-order valence-corrected chi connectivity index (χ1v) is 5.02. The minimum Gasteiger partial charge on any atom is -0.507 e. The molecule has 0 amide bonds. The third-order valence-electron chi connectivity index (χ3n) is 2.43. The van der Waals surface area contributed by atoms with E-state index in [4.69, 9.17) is 11.6 Å². The molecule has 0 fully saturated rings. The Morgan fingerprint density at radius 3 is 2.56 bits per heavy atom. The number of halogens is 1. The quantitative estimate of drug-likeness (QED) is 0.780. The maximum Gasteiger partial charge on any atom is 0.339 e. The molecule has 0 saturated carbocycles. The van der Waals surface area contributed by atoms with E-state index in [1.165, 1.54) is 0 Å². The van der Waals surface area contributed by atoms with Gasteiger partial charge in [0.15, 0.2) is 6.10 Å². The van der Waals surface area contributed by atoms with E-state index in [-0.39, 0.29) is 11.3 Å². The summed E-state index contributed by atoms with van der Waals surface area (Å²) in [5, 5.41) is 19.9. The molecule has 1 rings (SSSR count). The number of phenols is 1. The van der Waals surface area contributed by atoms with Crippen molar-refractivity contribution in [2.24, 2.45) is 0 Å². The average Bonchev–Trinajstić information content (AvgIpc) is 2.25. The summed E-state index contributed by atoms with van der Waals surface area (Å²) in [6.45, 7) is 3.25. The van der Waals surface area contributed by atoms with Crippen molar-refractivity contribution in [2.45, 2.75) is 20.0 Å². The van der Waals surface area contributed by atoms with Gasteiger partial charge in [-0.15, -0.1) is 0 Å². The minimum absolute atomic E-state index is 0.0943. The smallest absolute Gasteiger partial charge is 0.339 e. The number of methoxy groups -OCH3 is 1. The van der Waals surface area contributed by atoms with E-state index in [0.29, 0.717) is 16.1 Å². The summed E-state index contributed by atoms with van der Waals surface area (Å²) in [5.41, 5.74) is 1.05. The highest BCUT2D eigenvalue weighted by molar-refractivity contribution is 6.31. The van der Waals surface area contributed by atoms with E-state index in [0.717, 1.165) is 7.11 Å². The third kappa shape index (κ3) is 2.13. The molecule has 0 aliphatic carbocycles. The molecule has 0 aliphatic rings. The second-order valence-electron chi connectivity index (χ2n) is 3.49. The monoisotopic (exact) mass is 244 g/mol. The molecule has 0 saturated heterocycles. The molecule has 0 bridgehead atoms. The number of hydrogen-bond acceptors (Lipinski definition) is 4. The van der Waals surface area contributed by atoms with Gasteiger partial charge in [-0.2, -0.15) is 0 Å². The number of aryl methyl sites for hydroxylation is 1. The molecule has 0 aliphatic heterocycles. The Kier molecular flexibility index (Phi) is 3.78. The molecule has 0 radical (unpaired) electrons. The third-order valence-corrected chi connectivity index (χ3v) is 2.82.